The summed E-state index contributed by atoms with van der Waals surface area (Å²) in [5.74, 6) is 0.828. The Morgan fingerprint density at radius 3 is 2.89 bits per heavy atom. The molecule has 0 aromatic heterocycles. The number of halogens is 1. The second-order valence-electron chi connectivity index (χ2n) is 4.55. The summed E-state index contributed by atoms with van der Waals surface area (Å²) in [7, 11) is 1.71. The van der Waals surface area contributed by atoms with Crippen LogP contribution in [0.4, 0.5) is 4.39 Å². The minimum Gasteiger partial charge on any atom is -0.385 e. The van der Waals surface area contributed by atoms with Crippen molar-refractivity contribution in [3.8, 4) is 0 Å². The molecule has 0 saturated carbocycles. The van der Waals surface area contributed by atoms with Crippen LogP contribution in [0, 0.1) is 5.82 Å². The first-order chi connectivity index (χ1) is 9.19. The number of rotatable bonds is 9. The zero-order valence-electron chi connectivity index (χ0n) is 12.0. The lowest BCUT2D eigenvalue weighted by Crippen LogP contribution is -2.20. The predicted octanol–water partition coefficient (Wildman–Crippen LogP) is 4.01. The minimum atomic E-state index is -0.165. The van der Waals surface area contributed by atoms with Crippen LogP contribution in [-0.2, 0) is 4.74 Å². The van der Waals surface area contributed by atoms with Crippen LogP contribution in [0.25, 0.3) is 0 Å². The summed E-state index contributed by atoms with van der Waals surface area (Å²) in [6, 6.07) is 5.24. The summed E-state index contributed by atoms with van der Waals surface area (Å²) >= 11 is 1.77. The molecular weight excluding hydrogens is 261 g/mol. The lowest BCUT2D eigenvalue weighted by molar-refractivity contribution is 0.200. The molecule has 0 radical (unpaired) electrons. The van der Waals surface area contributed by atoms with Gasteiger partial charge in [-0.25, -0.2) is 4.39 Å². The first kappa shape index (κ1) is 16.5. The molecule has 4 heteroatoms. The largest absolute Gasteiger partial charge is 0.385 e. The average molecular weight is 285 g/mol. The van der Waals surface area contributed by atoms with Crippen molar-refractivity contribution in [2.75, 3.05) is 26.0 Å². The zero-order chi connectivity index (χ0) is 14.1. The van der Waals surface area contributed by atoms with E-state index >= 15 is 0 Å². The third-order valence-electron chi connectivity index (χ3n) is 2.89. The number of hydrogen-bond acceptors (Lipinski definition) is 3. The molecule has 19 heavy (non-hydrogen) atoms. The average Bonchev–Trinajstić information content (AvgIpc) is 2.42. The summed E-state index contributed by atoms with van der Waals surface area (Å²) in [5.41, 5.74) is 1.05. The van der Waals surface area contributed by atoms with Crippen molar-refractivity contribution in [1.82, 2.24) is 5.32 Å². The van der Waals surface area contributed by atoms with Crippen LogP contribution >= 0.6 is 11.8 Å². The van der Waals surface area contributed by atoms with Gasteiger partial charge in [0.1, 0.15) is 5.82 Å². The van der Waals surface area contributed by atoms with Crippen LogP contribution in [0.2, 0.25) is 0 Å². The quantitative estimate of drug-likeness (QED) is 0.547. The molecule has 0 amide bonds. The van der Waals surface area contributed by atoms with E-state index in [1.54, 1.807) is 24.9 Å². The second-order valence-corrected chi connectivity index (χ2v) is 5.69. The minimum absolute atomic E-state index is 0.165. The third-order valence-corrected chi connectivity index (χ3v) is 4.06. The molecule has 108 valence electrons. The zero-order valence-corrected chi connectivity index (χ0v) is 12.9. The summed E-state index contributed by atoms with van der Waals surface area (Å²) in [6.07, 6.45) is 2.09. The van der Waals surface area contributed by atoms with Gasteiger partial charge < -0.3 is 10.1 Å². The van der Waals surface area contributed by atoms with E-state index in [1.165, 1.54) is 6.07 Å². The van der Waals surface area contributed by atoms with Crippen LogP contribution in [0.5, 0.6) is 0 Å². The highest BCUT2D eigenvalue weighted by molar-refractivity contribution is 7.99. The molecule has 0 fully saturated rings. The molecule has 0 saturated heterocycles. The Labute approximate surface area is 120 Å². The van der Waals surface area contributed by atoms with Gasteiger partial charge in [0.15, 0.2) is 0 Å². The third kappa shape index (κ3) is 5.93. The molecule has 0 aliphatic carbocycles. The molecule has 1 N–H and O–H groups in total. The topological polar surface area (TPSA) is 21.3 Å². The van der Waals surface area contributed by atoms with Gasteiger partial charge in [0.25, 0.3) is 0 Å². The molecule has 0 spiro atoms. The maximum absolute atomic E-state index is 13.4. The Morgan fingerprint density at radius 1 is 1.42 bits per heavy atom. The van der Waals surface area contributed by atoms with E-state index in [4.69, 9.17) is 4.74 Å². The van der Waals surface area contributed by atoms with Gasteiger partial charge in [0, 0.05) is 30.4 Å². The lowest BCUT2D eigenvalue weighted by atomic mass is 10.1. The molecular formula is C15H24FNOS. The molecule has 0 heterocycles. The Kier molecular flexibility index (Phi) is 8.10. The number of ether oxygens (including phenoxy) is 1. The van der Waals surface area contributed by atoms with E-state index in [0.717, 1.165) is 42.2 Å². The number of nitrogens with one attached hydrogen (secondary N) is 1. The number of hydrogen-bond donors (Lipinski definition) is 1. The first-order valence-corrected chi connectivity index (χ1v) is 7.82. The molecule has 1 atom stereocenters. The summed E-state index contributed by atoms with van der Waals surface area (Å²) < 4.78 is 18.5. The molecule has 1 rings (SSSR count). The lowest BCUT2D eigenvalue weighted by Gasteiger charge is -2.17. The van der Waals surface area contributed by atoms with Gasteiger partial charge >= 0.3 is 0 Å². The fourth-order valence-corrected chi connectivity index (χ4v) is 2.89. The Morgan fingerprint density at radius 2 is 2.21 bits per heavy atom. The van der Waals surface area contributed by atoms with Crippen LogP contribution in [0.15, 0.2) is 23.1 Å². The summed E-state index contributed by atoms with van der Waals surface area (Å²) in [4.78, 5) is 1.16. The Hall–Kier alpha value is -0.580. The van der Waals surface area contributed by atoms with E-state index in [9.17, 15) is 4.39 Å². The fourth-order valence-electron chi connectivity index (χ4n) is 1.85. The normalized spacial score (nSPS) is 12.6. The van der Waals surface area contributed by atoms with Crippen molar-refractivity contribution in [3.05, 3.63) is 29.6 Å². The Balaban J connectivity index is 2.67. The smallest absolute Gasteiger partial charge is 0.123 e. The van der Waals surface area contributed by atoms with Crippen molar-refractivity contribution in [3.63, 3.8) is 0 Å². The van der Waals surface area contributed by atoms with Gasteiger partial charge in [-0.2, -0.15) is 0 Å². The molecule has 0 aliphatic heterocycles. The van der Waals surface area contributed by atoms with Crippen molar-refractivity contribution in [1.29, 1.82) is 0 Å². The number of thioether (sulfide) groups is 1. The molecule has 0 aliphatic rings. The maximum Gasteiger partial charge on any atom is 0.123 e. The van der Waals surface area contributed by atoms with Crippen LogP contribution in [0.3, 0.4) is 0 Å². The highest BCUT2D eigenvalue weighted by Gasteiger charge is 2.11. The van der Waals surface area contributed by atoms with Crippen LogP contribution in [-0.4, -0.2) is 26.0 Å². The monoisotopic (exact) mass is 285 g/mol. The van der Waals surface area contributed by atoms with Gasteiger partial charge in [-0.05, 0) is 50.1 Å². The fraction of sp³-hybridized carbons (Fsp3) is 0.600. The van der Waals surface area contributed by atoms with Gasteiger partial charge in [-0.1, -0.05) is 6.92 Å². The number of methoxy groups -OCH3 is 1. The highest BCUT2D eigenvalue weighted by atomic mass is 32.2. The van der Waals surface area contributed by atoms with E-state index in [1.807, 2.05) is 6.07 Å². The van der Waals surface area contributed by atoms with Crippen molar-refractivity contribution >= 4 is 11.8 Å². The molecule has 1 unspecified atom stereocenters. The Bertz CT molecular complexity index is 373. The number of benzene rings is 1. The van der Waals surface area contributed by atoms with E-state index in [-0.39, 0.29) is 11.9 Å². The van der Waals surface area contributed by atoms with Crippen LogP contribution < -0.4 is 5.32 Å². The first-order valence-electron chi connectivity index (χ1n) is 6.83. The van der Waals surface area contributed by atoms with Gasteiger partial charge in [-0.15, -0.1) is 11.8 Å². The van der Waals surface area contributed by atoms with Crippen LogP contribution in [0.1, 0.15) is 38.3 Å². The van der Waals surface area contributed by atoms with Gasteiger partial charge in [-0.3, -0.25) is 0 Å². The molecule has 1 aromatic carbocycles. The predicted molar refractivity (Wildman–Crippen MR) is 80.3 cm³/mol. The molecule has 1 aromatic rings. The van der Waals surface area contributed by atoms with Gasteiger partial charge in [0.05, 0.1) is 0 Å². The summed E-state index contributed by atoms with van der Waals surface area (Å²) in [5, 5.41) is 3.41. The molecule has 0 bridgehead atoms. The standard InChI is InChI=1S/C15H24FNOS/c1-4-8-17-12(2)14-11-13(16)6-7-15(14)19-10-5-9-18-3/h6-7,11-12,17H,4-5,8-10H2,1-3H3. The van der Waals surface area contributed by atoms with E-state index < -0.39 is 0 Å². The summed E-state index contributed by atoms with van der Waals surface area (Å²) in [6.45, 7) is 5.94. The van der Waals surface area contributed by atoms with Crippen molar-refractivity contribution in [2.45, 2.75) is 37.6 Å². The van der Waals surface area contributed by atoms with Gasteiger partial charge in [0.2, 0.25) is 0 Å². The van der Waals surface area contributed by atoms with E-state index in [0.29, 0.717) is 0 Å². The van der Waals surface area contributed by atoms with Crippen molar-refractivity contribution < 1.29 is 9.13 Å². The highest BCUT2D eigenvalue weighted by Crippen LogP contribution is 2.28. The molecule has 2 nitrogen and oxygen atoms in total. The van der Waals surface area contributed by atoms with E-state index in [2.05, 4.69) is 19.2 Å². The SMILES string of the molecule is CCCNC(C)c1cc(F)ccc1SCCCOC. The maximum atomic E-state index is 13.4. The second kappa shape index (κ2) is 9.34. The van der Waals surface area contributed by atoms with Crippen molar-refractivity contribution in [2.24, 2.45) is 0 Å².